The van der Waals surface area contributed by atoms with Crippen molar-refractivity contribution in [3.05, 3.63) is 34.3 Å². The van der Waals surface area contributed by atoms with E-state index in [9.17, 15) is 4.79 Å². The predicted molar refractivity (Wildman–Crippen MR) is 75.7 cm³/mol. The predicted octanol–water partition coefficient (Wildman–Crippen LogP) is 2.74. The Kier molecular flexibility index (Phi) is 4.66. The highest BCUT2D eigenvalue weighted by Gasteiger charge is 2.20. The van der Waals surface area contributed by atoms with Gasteiger partial charge in [-0.3, -0.25) is 0 Å². The highest BCUT2D eigenvalue weighted by Crippen LogP contribution is 2.22. The lowest BCUT2D eigenvalue weighted by atomic mass is 10.1. The van der Waals surface area contributed by atoms with Crippen molar-refractivity contribution in [2.45, 2.75) is 31.8 Å². The van der Waals surface area contributed by atoms with Crippen LogP contribution in [-0.2, 0) is 13.0 Å². The third kappa shape index (κ3) is 4.40. The van der Waals surface area contributed by atoms with E-state index < -0.39 is 6.09 Å². The van der Waals surface area contributed by atoms with Crippen LogP contribution in [0.3, 0.4) is 0 Å². The van der Waals surface area contributed by atoms with Crippen molar-refractivity contribution in [2.75, 3.05) is 13.6 Å². The standard InChI is InChI=1S/C14H19ClN2O2/c1-17(14(18)19)7-6-10-2-5-13(15)11(8-10)9-16-12-3-4-12/h2,5,8,12,16H,3-4,6-7,9H2,1H3,(H,18,19). The van der Waals surface area contributed by atoms with E-state index in [0.29, 0.717) is 19.0 Å². The van der Waals surface area contributed by atoms with Gasteiger partial charge in [0.05, 0.1) is 0 Å². The molecule has 1 aliphatic rings. The van der Waals surface area contributed by atoms with Crippen LogP contribution >= 0.6 is 11.6 Å². The number of carboxylic acid groups (broad SMARTS) is 1. The molecule has 1 saturated carbocycles. The van der Waals surface area contributed by atoms with Gasteiger partial charge in [0, 0.05) is 31.2 Å². The van der Waals surface area contributed by atoms with Crippen molar-refractivity contribution in [3.8, 4) is 0 Å². The van der Waals surface area contributed by atoms with Gasteiger partial charge < -0.3 is 15.3 Å². The average molecular weight is 283 g/mol. The molecule has 0 atom stereocenters. The number of hydrogen-bond donors (Lipinski definition) is 2. The first kappa shape index (κ1) is 14.2. The van der Waals surface area contributed by atoms with Crippen molar-refractivity contribution >= 4 is 17.7 Å². The summed E-state index contributed by atoms with van der Waals surface area (Å²) in [5.74, 6) is 0. The summed E-state index contributed by atoms with van der Waals surface area (Å²) in [6, 6.07) is 6.56. The largest absolute Gasteiger partial charge is 0.465 e. The van der Waals surface area contributed by atoms with Crippen molar-refractivity contribution in [2.24, 2.45) is 0 Å². The van der Waals surface area contributed by atoms with Gasteiger partial charge >= 0.3 is 6.09 Å². The third-order valence-electron chi connectivity index (χ3n) is 3.33. The molecule has 2 rings (SSSR count). The van der Waals surface area contributed by atoms with Crippen molar-refractivity contribution in [1.29, 1.82) is 0 Å². The molecule has 0 unspecified atom stereocenters. The van der Waals surface area contributed by atoms with Crippen LogP contribution in [0, 0.1) is 0 Å². The molecule has 19 heavy (non-hydrogen) atoms. The molecule has 0 aromatic heterocycles. The van der Waals surface area contributed by atoms with Gasteiger partial charge in [-0.1, -0.05) is 23.7 Å². The fourth-order valence-electron chi connectivity index (χ4n) is 1.85. The second-order valence-corrected chi connectivity index (χ2v) is 5.44. The zero-order chi connectivity index (χ0) is 13.8. The molecule has 1 aromatic carbocycles. The number of nitrogens with zero attached hydrogens (tertiary/aromatic N) is 1. The highest BCUT2D eigenvalue weighted by atomic mass is 35.5. The van der Waals surface area contributed by atoms with Gasteiger partial charge in [0.2, 0.25) is 0 Å². The van der Waals surface area contributed by atoms with Crippen LogP contribution < -0.4 is 5.32 Å². The first-order valence-corrected chi connectivity index (χ1v) is 6.89. The molecular weight excluding hydrogens is 264 g/mol. The molecule has 1 aliphatic carbocycles. The van der Waals surface area contributed by atoms with Crippen molar-refractivity contribution in [1.82, 2.24) is 10.2 Å². The smallest absolute Gasteiger partial charge is 0.407 e. The number of hydrogen-bond acceptors (Lipinski definition) is 2. The van der Waals surface area contributed by atoms with Gasteiger partial charge in [-0.05, 0) is 36.5 Å². The average Bonchev–Trinajstić information content (AvgIpc) is 3.19. The van der Waals surface area contributed by atoms with Crippen LogP contribution in [0.25, 0.3) is 0 Å². The number of nitrogens with one attached hydrogen (secondary N) is 1. The van der Waals surface area contributed by atoms with Gasteiger partial charge in [0.1, 0.15) is 0 Å². The molecule has 0 bridgehead atoms. The van der Waals surface area contributed by atoms with Gasteiger partial charge in [0.15, 0.2) is 0 Å². The monoisotopic (exact) mass is 282 g/mol. The molecule has 104 valence electrons. The topological polar surface area (TPSA) is 52.6 Å². The van der Waals surface area contributed by atoms with Crippen LogP contribution in [0.1, 0.15) is 24.0 Å². The van der Waals surface area contributed by atoms with Crippen molar-refractivity contribution < 1.29 is 9.90 Å². The van der Waals surface area contributed by atoms with Gasteiger partial charge in [-0.2, -0.15) is 0 Å². The van der Waals surface area contributed by atoms with Crippen LogP contribution in [0.15, 0.2) is 18.2 Å². The Bertz CT molecular complexity index is 461. The number of likely N-dealkylation sites (N-methyl/N-ethyl adjacent to an activating group) is 1. The number of carbonyl (C=O) groups is 1. The maximum absolute atomic E-state index is 10.7. The van der Waals surface area contributed by atoms with E-state index in [4.69, 9.17) is 16.7 Å². The molecule has 1 fully saturated rings. The second-order valence-electron chi connectivity index (χ2n) is 5.04. The van der Waals surface area contributed by atoms with E-state index in [2.05, 4.69) is 11.4 Å². The Morgan fingerprint density at radius 3 is 2.89 bits per heavy atom. The highest BCUT2D eigenvalue weighted by molar-refractivity contribution is 6.31. The molecule has 0 heterocycles. The summed E-state index contributed by atoms with van der Waals surface area (Å²) in [7, 11) is 1.58. The summed E-state index contributed by atoms with van der Waals surface area (Å²) in [4.78, 5) is 12.0. The van der Waals surface area contributed by atoms with E-state index in [1.165, 1.54) is 17.7 Å². The minimum Gasteiger partial charge on any atom is -0.465 e. The minimum absolute atomic E-state index is 0.493. The summed E-state index contributed by atoms with van der Waals surface area (Å²) in [5, 5.41) is 13.0. The molecule has 0 aliphatic heterocycles. The molecule has 4 nitrogen and oxygen atoms in total. The first-order valence-electron chi connectivity index (χ1n) is 6.51. The number of halogens is 1. The minimum atomic E-state index is -0.899. The number of amides is 1. The van der Waals surface area contributed by atoms with Gasteiger partial charge in [-0.25, -0.2) is 4.79 Å². The number of rotatable bonds is 6. The Labute approximate surface area is 118 Å². The molecule has 0 radical (unpaired) electrons. The third-order valence-corrected chi connectivity index (χ3v) is 3.70. The maximum atomic E-state index is 10.7. The first-order chi connectivity index (χ1) is 9.06. The van der Waals surface area contributed by atoms with Crippen LogP contribution in [0.5, 0.6) is 0 Å². The van der Waals surface area contributed by atoms with E-state index >= 15 is 0 Å². The summed E-state index contributed by atoms with van der Waals surface area (Å²) < 4.78 is 0. The Morgan fingerprint density at radius 1 is 1.53 bits per heavy atom. The summed E-state index contributed by atoms with van der Waals surface area (Å²) in [6.07, 6.45) is 2.31. The summed E-state index contributed by atoms with van der Waals surface area (Å²) in [6.45, 7) is 1.28. The van der Waals surface area contributed by atoms with E-state index in [1.807, 2.05) is 12.1 Å². The fraction of sp³-hybridized carbons (Fsp3) is 0.500. The van der Waals surface area contributed by atoms with Crippen LogP contribution in [0.4, 0.5) is 4.79 Å². The molecule has 1 aromatic rings. The van der Waals surface area contributed by atoms with Crippen LogP contribution in [0.2, 0.25) is 5.02 Å². The lowest BCUT2D eigenvalue weighted by Gasteiger charge is -2.13. The molecule has 1 amide bonds. The lowest BCUT2D eigenvalue weighted by molar-refractivity contribution is 0.156. The molecule has 0 saturated heterocycles. The molecule has 0 spiro atoms. The van der Waals surface area contributed by atoms with Gasteiger partial charge in [0.25, 0.3) is 0 Å². The molecule has 2 N–H and O–H groups in total. The normalized spacial score (nSPS) is 14.4. The number of benzene rings is 1. The fourth-order valence-corrected chi connectivity index (χ4v) is 2.04. The summed E-state index contributed by atoms with van der Waals surface area (Å²) >= 11 is 6.17. The quantitative estimate of drug-likeness (QED) is 0.843. The van der Waals surface area contributed by atoms with Crippen LogP contribution in [-0.4, -0.2) is 35.7 Å². The summed E-state index contributed by atoms with van der Waals surface area (Å²) in [5.41, 5.74) is 2.20. The second kappa shape index (κ2) is 6.26. The van der Waals surface area contributed by atoms with E-state index in [-0.39, 0.29) is 0 Å². The Balaban J connectivity index is 1.92. The van der Waals surface area contributed by atoms with E-state index in [1.54, 1.807) is 7.05 Å². The van der Waals surface area contributed by atoms with Gasteiger partial charge in [-0.15, -0.1) is 0 Å². The Morgan fingerprint density at radius 2 is 2.26 bits per heavy atom. The van der Waals surface area contributed by atoms with E-state index in [0.717, 1.165) is 22.7 Å². The SMILES string of the molecule is CN(CCc1ccc(Cl)c(CNC2CC2)c1)C(=O)O. The molecule has 5 heteroatoms. The van der Waals surface area contributed by atoms with Crippen molar-refractivity contribution in [3.63, 3.8) is 0 Å². The lowest BCUT2D eigenvalue weighted by Crippen LogP contribution is -2.26. The maximum Gasteiger partial charge on any atom is 0.407 e. The zero-order valence-corrected chi connectivity index (χ0v) is 11.8. The molecular formula is C14H19ClN2O2. The Hall–Kier alpha value is -1.26. The zero-order valence-electron chi connectivity index (χ0n) is 11.0.